The molecule has 1 N–H and O–H groups in total. The van der Waals surface area contributed by atoms with Crippen molar-refractivity contribution >= 4 is 38.4 Å². The topological polar surface area (TPSA) is 42.0 Å². The first kappa shape index (κ1) is 13.3. The molecule has 2 aliphatic carbocycles. The summed E-state index contributed by atoms with van der Waals surface area (Å²) in [5.74, 6) is 1.77. The van der Waals surface area contributed by atoms with Crippen LogP contribution in [0.25, 0.3) is 10.9 Å². The maximum atomic E-state index is 12.6. The summed E-state index contributed by atoms with van der Waals surface area (Å²) in [4.78, 5) is 17.0. The molecule has 4 heteroatoms. The van der Waals surface area contributed by atoms with Crippen molar-refractivity contribution in [1.29, 1.82) is 0 Å². The van der Waals surface area contributed by atoms with E-state index in [9.17, 15) is 4.79 Å². The Morgan fingerprint density at radius 2 is 2.19 bits per heavy atom. The predicted octanol–water partition coefficient (Wildman–Crippen LogP) is 4.37. The number of fused-ring (bicyclic) bond motifs is 3. The Morgan fingerprint density at radius 1 is 1.29 bits per heavy atom. The number of rotatable bonds is 2. The average Bonchev–Trinajstić information content (AvgIpc) is 3.10. The number of anilines is 1. The number of benzene rings is 1. The first-order valence-electron chi connectivity index (χ1n) is 7.56. The number of hydrogen-bond donors (Lipinski definition) is 1. The molecule has 0 radical (unpaired) electrons. The molecule has 2 fully saturated rings. The molecule has 3 atom stereocenters. The molecule has 2 aliphatic rings. The highest BCUT2D eigenvalue weighted by atomic mass is 79.9. The van der Waals surface area contributed by atoms with E-state index >= 15 is 0 Å². The van der Waals surface area contributed by atoms with Gasteiger partial charge in [0.25, 0.3) is 0 Å². The zero-order chi connectivity index (χ0) is 14.4. The van der Waals surface area contributed by atoms with E-state index in [2.05, 4.69) is 26.2 Å². The molecule has 3 unspecified atom stereocenters. The highest BCUT2D eigenvalue weighted by Crippen LogP contribution is 2.48. The summed E-state index contributed by atoms with van der Waals surface area (Å²) in [5.41, 5.74) is 1.69. The highest BCUT2D eigenvalue weighted by Gasteiger charge is 2.43. The summed E-state index contributed by atoms with van der Waals surface area (Å²) in [5, 5.41) is 4.15. The number of halogens is 1. The number of carbonyl (C=O) groups is 1. The molecule has 0 spiro atoms. The lowest BCUT2D eigenvalue weighted by Gasteiger charge is -2.21. The zero-order valence-electron chi connectivity index (χ0n) is 11.7. The molecule has 0 saturated heterocycles. The Bertz CT molecular complexity index is 715. The van der Waals surface area contributed by atoms with E-state index in [0.29, 0.717) is 5.92 Å². The number of amides is 1. The minimum Gasteiger partial charge on any atom is -0.324 e. The van der Waals surface area contributed by atoms with Gasteiger partial charge >= 0.3 is 0 Å². The van der Waals surface area contributed by atoms with Crippen molar-refractivity contribution in [3.05, 3.63) is 34.9 Å². The minimum absolute atomic E-state index is 0.180. The Labute approximate surface area is 132 Å². The van der Waals surface area contributed by atoms with E-state index in [1.165, 1.54) is 19.3 Å². The van der Waals surface area contributed by atoms with Crippen LogP contribution >= 0.6 is 15.9 Å². The molecular formula is C17H17BrN2O. The molecule has 1 aromatic heterocycles. The number of carbonyl (C=O) groups excluding carboxylic acids is 1. The van der Waals surface area contributed by atoms with Crippen molar-refractivity contribution in [2.75, 3.05) is 5.32 Å². The van der Waals surface area contributed by atoms with Gasteiger partial charge in [0.2, 0.25) is 5.91 Å². The fourth-order valence-corrected chi connectivity index (χ4v) is 4.38. The van der Waals surface area contributed by atoms with Gasteiger partial charge in [0.05, 0.1) is 11.2 Å². The molecule has 1 heterocycles. The average molecular weight is 345 g/mol. The van der Waals surface area contributed by atoms with Gasteiger partial charge in [-0.3, -0.25) is 9.78 Å². The van der Waals surface area contributed by atoms with Gasteiger partial charge < -0.3 is 5.32 Å². The molecule has 21 heavy (non-hydrogen) atoms. The Morgan fingerprint density at radius 3 is 2.95 bits per heavy atom. The van der Waals surface area contributed by atoms with E-state index in [1.807, 2.05) is 24.3 Å². The van der Waals surface area contributed by atoms with Gasteiger partial charge in [0, 0.05) is 22.0 Å². The van der Waals surface area contributed by atoms with Crippen LogP contribution in [0.5, 0.6) is 0 Å². The van der Waals surface area contributed by atoms with E-state index in [0.717, 1.165) is 33.4 Å². The van der Waals surface area contributed by atoms with Gasteiger partial charge in [-0.25, -0.2) is 0 Å². The normalized spacial score (nSPS) is 27.2. The number of para-hydroxylation sites is 1. The summed E-state index contributed by atoms with van der Waals surface area (Å²) in [6.45, 7) is 0. The lowest BCUT2D eigenvalue weighted by atomic mass is 9.88. The van der Waals surface area contributed by atoms with Gasteiger partial charge in [0.15, 0.2) is 0 Å². The first-order valence-corrected chi connectivity index (χ1v) is 8.35. The van der Waals surface area contributed by atoms with E-state index in [-0.39, 0.29) is 11.8 Å². The summed E-state index contributed by atoms with van der Waals surface area (Å²) in [6, 6.07) is 7.94. The molecule has 1 amide bonds. The van der Waals surface area contributed by atoms with E-state index < -0.39 is 0 Å². The van der Waals surface area contributed by atoms with Crippen molar-refractivity contribution < 1.29 is 4.79 Å². The SMILES string of the molecule is O=C(Nc1cccc2cc(Br)cnc12)C1CC2CCC1C2. The first-order chi connectivity index (χ1) is 10.2. The van der Waals surface area contributed by atoms with Crippen LogP contribution in [0.4, 0.5) is 5.69 Å². The smallest absolute Gasteiger partial charge is 0.227 e. The van der Waals surface area contributed by atoms with Gasteiger partial charge in [-0.15, -0.1) is 0 Å². The van der Waals surface area contributed by atoms with Crippen LogP contribution in [0, 0.1) is 17.8 Å². The number of hydrogen-bond acceptors (Lipinski definition) is 2. The Balaban J connectivity index is 1.61. The second-order valence-corrected chi connectivity index (χ2v) is 7.22. The molecular weight excluding hydrogens is 328 g/mol. The van der Waals surface area contributed by atoms with Crippen LogP contribution in [0.15, 0.2) is 34.9 Å². The van der Waals surface area contributed by atoms with Crippen LogP contribution in [-0.2, 0) is 4.79 Å². The third kappa shape index (κ3) is 2.35. The monoisotopic (exact) mass is 344 g/mol. The van der Waals surface area contributed by atoms with E-state index in [1.54, 1.807) is 6.20 Å². The number of pyridine rings is 1. The van der Waals surface area contributed by atoms with E-state index in [4.69, 9.17) is 0 Å². The second kappa shape index (κ2) is 5.09. The van der Waals surface area contributed by atoms with Crippen LogP contribution in [-0.4, -0.2) is 10.9 Å². The Kier molecular flexibility index (Phi) is 3.21. The summed E-state index contributed by atoms with van der Waals surface area (Å²) >= 11 is 3.43. The summed E-state index contributed by atoms with van der Waals surface area (Å²) < 4.78 is 0.951. The van der Waals surface area contributed by atoms with Crippen molar-refractivity contribution in [3.8, 4) is 0 Å². The van der Waals surface area contributed by atoms with Crippen molar-refractivity contribution in [1.82, 2.24) is 4.98 Å². The number of aromatic nitrogens is 1. The fraction of sp³-hybridized carbons (Fsp3) is 0.412. The third-order valence-electron chi connectivity index (χ3n) is 5.01. The standard InChI is InChI=1S/C17H17BrN2O/c18-13-8-12-2-1-3-15(16(12)19-9-13)20-17(21)14-7-10-4-5-11(14)6-10/h1-3,8-11,14H,4-7H2,(H,20,21). The predicted molar refractivity (Wildman–Crippen MR) is 87.0 cm³/mol. The zero-order valence-corrected chi connectivity index (χ0v) is 13.3. The quantitative estimate of drug-likeness (QED) is 0.878. The van der Waals surface area contributed by atoms with Gasteiger partial charge in [-0.05, 0) is 59.2 Å². The van der Waals surface area contributed by atoms with Crippen molar-refractivity contribution in [2.45, 2.75) is 25.7 Å². The molecule has 108 valence electrons. The molecule has 3 nitrogen and oxygen atoms in total. The summed E-state index contributed by atoms with van der Waals surface area (Å²) in [6.07, 6.45) is 6.64. The third-order valence-corrected chi connectivity index (χ3v) is 5.44. The summed E-state index contributed by atoms with van der Waals surface area (Å²) in [7, 11) is 0. The second-order valence-electron chi connectivity index (χ2n) is 6.30. The van der Waals surface area contributed by atoms with Crippen molar-refractivity contribution in [3.63, 3.8) is 0 Å². The molecule has 2 aromatic rings. The van der Waals surface area contributed by atoms with Crippen LogP contribution in [0.3, 0.4) is 0 Å². The fourth-order valence-electron chi connectivity index (χ4n) is 4.03. The maximum absolute atomic E-state index is 12.6. The van der Waals surface area contributed by atoms with Gasteiger partial charge in [-0.1, -0.05) is 18.6 Å². The molecule has 2 bridgehead atoms. The van der Waals surface area contributed by atoms with Gasteiger partial charge in [-0.2, -0.15) is 0 Å². The molecule has 0 aliphatic heterocycles. The molecule has 1 aromatic carbocycles. The highest BCUT2D eigenvalue weighted by molar-refractivity contribution is 9.10. The Hall–Kier alpha value is -1.42. The van der Waals surface area contributed by atoms with Gasteiger partial charge in [0.1, 0.15) is 0 Å². The number of nitrogens with one attached hydrogen (secondary N) is 1. The molecule has 4 rings (SSSR count). The largest absolute Gasteiger partial charge is 0.324 e. The minimum atomic E-state index is 0.180. The van der Waals surface area contributed by atoms with Crippen molar-refractivity contribution in [2.24, 2.45) is 17.8 Å². The molecule has 2 saturated carbocycles. The maximum Gasteiger partial charge on any atom is 0.227 e. The van der Waals surface area contributed by atoms with Crippen LogP contribution in [0.1, 0.15) is 25.7 Å². The number of nitrogens with zero attached hydrogens (tertiary/aromatic N) is 1. The van der Waals surface area contributed by atoms with Crippen LogP contribution < -0.4 is 5.32 Å². The van der Waals surface area contributed by atoms with Crippen LogP contribution in [0.2, 0.25) is 0 Å². The lowest BCUT2D eigenvalue weighted by molar-refractivity contribution is -0.121. The lowest BCUT2D eigenvalue weighted by Crippen LogP contribution is -2.27.